The minimum Gasteiger partial charge on any atom is -0.395 e. The van der Waals surface area contributed by atoms with E-state index in [1.165, 1.54) is 0 Å². The molecule has 0 aromatic rings. The molecule has 0 fully saturated rings. The Hall–Kier alpha value is -0.560. The summed E-state index contributed by atoms with van der Waals surface area (Å²) < 4.78 is 0. The van der Waals surface area contributed by atoms with Crippen molar-refractivity contribution >= 4 is 0 Å². The maximum atomic E-state index is 9.37. The number of aliphatic hydroxyl groups excluding tert-OH is 8. The van der Waals surface area contributed by atoms with Gasteiger partial charge in [0.1, 0.15) is 0 Å². The van der Waals surface area contributed by atoms with Crippen molar-refractivity contribution in [1.29, 1.82) is 0 Å². The van der Waals surface area contributed by atoms with E-state index in [1.807, 2.05) is 0 Å². The summed E-state index contributed by atoms with van der Waals surface area (Å²) in [4.78, 5) is 13.2. The zero-order valence-corrected chi connectivity index (χ0v) is 27.5. The third-order valence-corrected chi connectivity index (χ3v) is 7.86. The Labute approximate surface area is 266 Å². The average Bonchev–Trinajstić information content (AvgIpc) is 3.00. The maximum Gasteiger partial charge on any atom is 0.0558 e. The number of hydrogen-bond acceptors (Lipinski definition) is 14. The molecule has 0 unspecified atom stereocenters. The smallest absolute Gasteiger partial charge is 0.0558 e. The topological polar surface area (TPSA) is 181 Å². The first-order valence-electron chi connectivity index (χ1n) is 16.7. The molecule has 14 heteroatoms. The fourth-order valence-electron chi connectivity index (χ4n) is 5.50. The molecule has 0 aromatic heterocycles. The zero-order valence-electron chi connectivity index (χ0n) is 27.5. The van der Waals surface area contributed by atoms with Crippen LogP contribution in [-0.4, -0.2) is 241 Å². The summed E-state index contributed by atoms with van der Waals surface area (Å²) in [6, 6.07) is 0. The molecule has 0 aliphatic carbocycles. The van der Waals surface area contributed by atoms with E-state index in [-0.39, 0.29) is 52.9 Å². The molecule has 0 bridgehead atoms. The lowest BCUT2D eigenvalue weighted by molar-refractivity contribution is 0.132. The lowest BCUT2D eigenvalue weighted by atomic mass is 10.2. The zero-order chi connectivity index (χ0) is 32.7. The molecule has 266 valence electrons. The van der Waals surface area contributed by atoms with Gasteiger partial charge in [0.25, 0.3) is 0 Å². The highest BCUT2D eigenvalue weighted by Gasteiger charge is 2.14. The van der Waals surface area contributed by atoms with Crippen LogP contribution in [0.25, 0.3) is 0 Å². The van der Waals surface area contributed by atoms with E-state index in [2.05, 4.69) is 29.4 Å². The molecular formula is C30H68N6O8. The normalized spacial score (nSPS) is 12.4. The number of rotatable bonds is 35. The standard InChI is InChI=1S/C30H68N6O8/c37-23-15-33(16-24-38)9-1-5-31(6-2-10-34(17-25-39)18-26-40)13-14-32(7-3-11-35(19-27-41)20-28-42)8-4-12-36(21-29-43)22-30-44/h37-44H,1-30H2. The highest BCUT2D eigenvalue weighted by molar-refractivity contribution is 4.70. The Balaban J connectivity index is 5.32. The second-order valence-corrected chi connectivity index (χ2v) is 11.3. The molecule has 14 nitrogen and oxygen atoms in total. The van der Waals surface area contributed by atoms with Crippen LogP contribution < -0.4 is 0 Å². The minimum absolute atomic E-state index is 0.0618. The number of aliphatic hydroxyl groups is 8. The van der Waals surface area contributed by atoms with Gasteiger partial charge in [-0.2, -0.15) is 0 Å². The Kier molecular flexibility index (Phi) is 32.0. The fraction of sp³-hybridized carbons (Fsp3) is 1.00. The fourth-order valence-corrected chi connectivity index (χ4v) is 5.50. The summed E-state index contributed by atoms with van der Waals surface area (Å²) in [7, 11) is 0. The SMILES string of the molecule is OCCN(CCO)CCCN(CCCN(CCO)CCO)CCN(CCCN(CCO)CCO)CCCN(CCO)CCO. The monoisotopic (exact) mass is 641 g/mol. The van der Waals surface area contributed by atoms with Crippen LogP contribution in [0, 0.1) is 0 Å². The molecule has 0 aliphatic heterocycles. The van der Waals surface area contributed by atoms with Crippen molar-refractivity contribution < 1.29 is 40.9 Å². The van der Waals surface area contributed by atoms with Crippen molar-refractivity contribution in [1.82, 2.24) is 29.4 Å². The van der Waals surface area contributed by atoms with Crippen LogP contribution in [-0.2, 0) is 0 Å². The highest BCUT2D eigenvalue weighted by Crippen LogP contribution is 2.04. The van der Waals surface area contributed by atoms with Gasteiger partial charge in [0.05, 0.1) is 52.9 Å². The summed E-state index contributed by atoms with van der Waals surface area (Å²) in [5.74, 6) is 0. The maximum absolute atomic E-state index is 9.37. The number of hydrogen-bond donors (Lipinski definition) is 8. The molecule has 0 saturated carbocycles. The van der Waals surface area contributed by atoms with Crippen molar-refractivity contribution in [3.05, 3.63) is 0 Å². The van der Waals surface area contributed by atoms with Crippen LogP contribution in [0.3, 0.4) is 0 Å². The third-order valence-electron chi connectivity index (χ3n) is 7.86. The predicted octanol–water partition coefficient (Wildman–Crippen LogP) is -3.70. The van der Waals surface area contributed by atoms with Crippen molar-refractivity contribution in [2.24, 2.45) is 0 Å². The van der Waals surface area contributed by atoms with Crippen molar-refractivity contribution in [2.45, 2.75) is 25.7 Å². The van der Waals surface area contributed by atoms with E-state index in [4.69, 9.17) is 0 Å². The van der Waals surface area contributed by atoms with Gasteiger partial charge in [0.15, 0.2) is 0 Å². The molecule has 44 heavy (non-hydrogen) atoms. The first-order valence-corrected chi connectivity index (χ1v) is 16.7. The van der Waals surface area contributed by atoms with E-state index in [0.29, 0.717) is 52.4 Å². The molecule has 0 atom stereocenters. The first-order chi connectivity index (χ1) is 21.5. The molecule has 0 saturated heterocycles. The van der Waals surface area contributed by atoms with Gasteiger partial charge in [0, 0.05) is 65.4 Å². The summed E-state index contributed by atoms with van der Waals surface area (Å²) >= 11 is 0. The van der Waals surface area contributed by atoms with Crippen LogP contribution >= 0.6 is 0 Å². The molecule has 8 N–H and O–H groups in total. The van der Waals surface area contributed by atoms with Crippen LogP contribution in [0.5, 0.6) is 0 Å². The molecule has 0 radical (unpaired) electrons. The van der Waals surface area contributed by atoms with Crippen molar-refractivity contribution in [2.75, 3.05) is 171 Å². The van der Waals surface area contributed by atoms with Crippen LogP contribution in [0.2, 0.25) is 0 Å². The average molecular weight is 641 g/mol. The van der Waals surface area contributed by atoms with Gasteiger partial charge in [-0.05, 0) is 78.0 Å². The minimum atomic E-state index is 0.0618. The van der Waals surface area contributed by atoms with Crippen LogP contribution in [0.15, 0.2) is 0 Å². The Bertz CT molecular complexity index is 474. The van der Waals surface area contributed by atoms with E-state index in [1.54, 1.807) is 0 Å². The second-order valence-electron chi connectivity index (χ2n) is 11.3. The summed E-state index contributed by atoms with van der Waals surface area (Å²) in [5.41, 5.74) is 0. The van der Waals surface area contributed by atoms with Crippen LogP contribution in [0.1, 0.15) is 25.7 Å². The van der Waals surface area contributed by atoms with Crippen molar-refractivity contribution in [3.63, 3.8) is 0 Å². The molecular weight excluding hydrogens is 572 g/mol. The first kappa shape index (κ1) is 43.4. The van der Waals surface area contributed by atoms with Crippen LogP contribution in [0.4, 0.5) is 0 Å². The molecule has 0 aromatic carbocycles. The van der Waals surface area contributed by atoms with Gasteiger partial charge in [-0.1, -0.05) is 0 Å². The summed E-state index contributed by atoms with van der Waals surface area (Å²) in [6.07, 6.45) is 3.63. The Morgan fingerprint density at radius 3 is 0.455 bits per heavy atom. The van der Waals surface area contributed by atoms with Gasteiger partial charge in [-0.3, -0.25) is 19.6 Å². The quantitative estimate of drug-likeness (QED) is 0.0339. The van der Waals surface area contributed by atoms with Gasteiger partial charge >= 0.3 is 0 Å². The lowest BCUT2D eigenvalue weighted by Crippen LogP contribution is -2.41. The van der Waals surface area contributed by atoms with E-state index in [0.717, 1.165) is 91.1 Å². The van der Waals surface area contributed by atoms with E-state index < -0.39 is 0 Å². The number of nitrogens with zero attached hydrogens (tertiary/aromatic N) is 6. The van der Waals surface area contributed by atoms with Gasteiger partial charge < -0.3 is 50.7 Å². The Morgan fingerprint density at radius 2 is 0.318 bits per heavy atom. The molecule has 0 rings (SSSR count). The van der Waals surface area contributed by atoms with Gasteiger partial charge in [0.2, 0.25) is 0 Å². The summed E-state index contributed by atoms with van der Waals surface area (Å²) in [6.45, 7) is 13.2. The summed E-state index contributed by atoms with van der Waals surface area (Å²) in [5, 5.41) is 74.9. The molecule has 0 amide bonds. The lowest BCUT2D eigenvalue weighted by Gasteiger charge is -2.31. The predicted molar refractivity (Wildman–Crippen MR) is 174 cm³/mol. The largest absolute Gasteiger partial charge is 0.395 e. The van der Waals surface area contributed by atoms with E-state index in [9.17, 15) is 40.9 Å². The highest BCUT2D eigenvalue weighted by atomic mass is 16.3. The second kappa shape index (κ2) is 32.4. The van der Waals surface area contributed by atoms with E-state index >= 15 is 0 Å². The third kappa shape index (κ3) is 24.6. The molecule has 0 spiro atoms. The van der Waals surface area contributed by atoms with Crippen molar-refractivity contribution in [3.8, 4) is 0 Å². The molecule has 0 aliphatic rings. The Morgan fingerprint density at radius 1 is 0.182 bits per heavy atom. The van der Waals surface area contributed by atoms with Gasteiger partial charge in [-0.25, -0.2) is 0 Å². The van der Waals surface area contributed by atoms with Gasteiger partial charge in [-0.15, -0.1) is 0 Å². The molecule has 0 heterocycles.